The molecule has 0 amide bonds. The third-order valence-electron chi connectivity index (χ3n) is 3.82. The summed E-state index contributed by atoms with van der Waals surface area (Å²) in [6.07, 6.45) is 3.50. The largest absolute Gasteiger partial charge is 0.497 e. The van der Waals surface area contributed by atoms with Gasteiger partial charge >= 0.3 is 0 Å². The number of methoxy groups -OCH3 is 1. The summed E-state index contributed by atoms with van der Waals surface area (Å²) in [4.78, 5) is 4.44. The van der Waals surface area contributed by atoms with Gasteiger partial charge in [0.05, 0.1) is 19.1 Å². The first-order valence-electron chi connectivity index (χ1n) is 6.94. The molecule has 0 aliphatic heterocycles. The van der Waals surface area contributed by atoms with Crippen LogP contribution in [0.25, 0.3) is 11.4 Å². The van der Waals surface area contributed by atoms with Gasteiger partial charge in [-0.1, -0.05) is 30.1 Å². The van der Waals surface area contributed by atoms with Crippen LogP contribution in [0.5, 0.6) is 5.75 Å². The fraction of sp³-hybridized carbons (Fsp3) is 0.467. The molecule has 1 N–H and O–H groups in total. The molecule has 106 valence electrons. The van der Waals surface area contributed by atoms with Crippen molar-refractivity contribution in [1.82, 2.24) is 10.1 Å². The molecule has 0 saturated heterocycles. The summed E-state index contributed by atoms with van der Waals surface area (Å²) in [6.45, 7) is 0. The smallest absolute Gasteiger partial charge is 0.232 e. The fourth-order valence-electron chi connectivity index (χ4n) is 2.66. The predicted molar refractivity (Wildman–Crippen MR) is 73.5 cm³/mol. The molecule has 5 nitrogen and oxygen atoms in total. The molecular weight excluding hydrogens is 256 g/mol. The Morgan fingerprint density at radius 3 is 2.95 bits per heavy atom. The zero-order valence-electron chi connectivity index (χ0n) is 11.5. The zero-order valence-corrected chi connectivity index (χ0v) is 11.5. The number of hydrogen-bond acceptors (Lipinski definition) is 5. The summed E-state index contributed by atoms with van der Waals surface area (Å²) in [7, 11) is 1.62. The van der Waals surface area contributed by atoms with Gasteiger partial charge in [-0.15, -0.1) is 0 Å². The van der Waals surface area contributed by atoms with Crippen molar-refractivity contribution < 1.29 is 14.4 Å². The van der Waals surface area contributed by atoms with Gasteiger partial charge in [-0.2, -0.15) is 4.98 Å². The van der Waals surface area contributed by atoms with E-state index in [4.69, 9.17) is 9.26 Å². The molecule has 1 aromatic carbocycles. The number of ether oxygens (including phenoxy) is 1. The molecule has 0 bridgehead atoms. The molecule has 2 aromatic rings. The normalized spacial score (nSPS) is 22.7. The molecule has 1 aliphatic carbocycles. The van der Waals surface area contributed by atoms with Crippen LogP contribution in [0.15, 0.2) is 28.8 Å². The van der Waals surface area contributed by atoms with E-state index in [9.17, 15) is 5.11 Å². The standard InChI is InChI=1S/C15H18N2O3/c1-19-11-6-4-5-10(9-11)14-16-15(20-17-14)12-7-2-3-8-13(12)18/h4-6,9,12-13,18H,2-3,7-8H2,1H3. The average molecular weight is 274 g/mol. The van der Waals surface area contributed by atoms with Crippen molar-refractivity contribution in [3.63, 3.8) is 0 Å². The highest BCUT2D eigenvalue weighted by Crippen LogP contribution is 2.33. The van der Waals surface area contributed by atoms with Crippen LogP contribution in [0.4, 0.5) is 0 Å². The van der Waals surface area contributed by atoms with E-state index in [2.05, 4.69) is 10.1 Å². The monoisotopic (exact) mass is 274 g/mol. The topological polar surface area (TPSA) is 68.4 Å². The summed E-state index contributed by atoms with van der Waals surface area (Å²) in [5, 5.41) is 14.1. The number of nitrogens with zero attached hydrogens (tertiary/aromatic N) is 2. The van der Waals surface area contributed by atoms with Crippen molar-refractivity contribution in [2.24, 2.45) is 0 Å². The van der Waals surface area contributed by atoms with Crippen LogP contribution in [0, 0.1) is 0 Å². The quantitative estimate of drug-likeness (QED) is 0.932. The van der Waals surface area contributed by atoms with Gasteiger partial charge in [0, 0.05) is 5.56 Å². The van der Waals surface area contributed by atoms with Gasteiger partial charge in [0.25, 0.3) is 0 Å². The highest BCUT2D eigenvalue weighted by atomic mass is 16.5. The predicted octanol–water partition coefficient (Wildman–Crippen LogP) is 2.76. The number of aliphatic hydroxyl groups excluding tert-OH is 1. The van der Waals surface area contributed by atoms with E-state index in [0.717, 1.165) is 37.0 Å². The first-order chi connectivity index (χ1) is 9.78. The number of hydrogen-bond donors (Lipinski definition) is 1. The lowest BCUT2D eigenvalue weighted by atomic mass is 9.86. The van der Waals surface area contributed by atoms with E-state index in [1.807, 2.05) is 24.3 Å². The molecule has 2 atom stereocenters. The molecular formula is C15H18N2O3. The summed E-state index contributed by atoms with van der Waals surface area (Å²) >= 11 is 0. The maximum Gasteiger partial charge on any atom is 0.232 e. The maximum atomic E-state index is 10.0. The first-order valence-corrected chi connectivity index (χ1v) is 6.94. The van der Waals surface area contributed by atoms with E-state index >= 15 is 0 Å². The van der Waals surface area contributed by atoms with Crippen molar-refractivity contribution in [2.45, 2.75) is 37.7 Å². The van der Waals surface area contributed by atoms with Crippen LogP contribution in [0.2, 0.25) is 0 Å². The Labute approximate surface area is 117 Å². The van der Waals surface area contributed by atoms with E-state index in [1.165, 1.54) is 0 Å². The molecule has 1 aromatic heterocycles. The average Bonchev–Trinajstić information content (AvgIpc) is 2.97. The minimum atomic E-state index is -0.373. The molecule has 1 fully saturated rings. The van der Waals surface area contributed by atoms with E-state index < -0.39 is 0 Å². The van der Waals surface area contributed by atoms with Gasteiger partial charge in [0.15, 0.2) is 0 Å². The Kier molecular flexibility index (Phi) is 3.69. The fourth-order valence-corrected chi connectivity index (χ4v) is 2.66. The molecule has 2 unspecified atom stereocenters. The van der Waals surface area contributed by atoms with Crippen LogP contribution < -0.4 is 4.74 Å². The van der Waals surface area contributed by atoms with Crippen LogP contribution in [0.1, 0.15) is 37.5 Å². The third-order valence-corrected chi connectivity index (χ3v) is 3.82. The van der Waals surface area contributed by atoms with E-state index in [1.54, 1.807) is 7.11 Å². The lowest BCUT2D eigenvalue weighted by molar-refractivity contribution is 0.0908. The number of aromatic nitrogens is 2. The molecule has 0 spiro atoms. The van der Waals surface area contributed by atoms with Gasteiger partial charge < -0.3 is 14.4 Å². The second-order valence-corrected chi connectivity index (χ2v) is 5.15. The van der Waals surface area contributed by atoms with Crippen LogP contribution >= 0.6 is 0 Å². The first kappa shape index (κ1) is 13.1. The van der Waals surface area contributed by atoms with Crippen molar-refractivity contribution in [2.75, 3.05) is 7.11 Å². The molecule has 20 heavy (non-hydrogen) atoms. The van der Waals surface area contributed by atoms with Crippen molar-refractivity contribution >= 4 is 0 Å². The molecule has 0 radical (unpaired) electrons. The van der Waals surface area contributed by atoms with Crippen molar-refractivity contribution in [1.29, 1.82) is 0 Å². The molecule has 5 heteroatoms. The Morgan fingerprint density at radius 2 is 2.15 bits per heavy atom. The number of aliphatic hydroxyl groups is 1. The second-order valence-electron chi connectivity index (χ2n) is 5.15. The molecule has 1 aliphatic rings. The number of rotatable bonds is 3. The lowest BCUT2D eigenvalue weighted by Crippen LogP contribution is -2.22. The summed E-state index contributed by atoms with van der Waals surface area (Å²) in [6, 6.07) is 7.54. The minimum Gasteiger partial charge on any atom is -0.497 e. The van der Waals surface area contributed by atoms with E-state index in [-0.39, 0.29) is 12.0 Å². The van der Waals surface area contributed by atoms with Gasteiger partial charge in [-0.25, -0.2) is 0 Å². The van der Waals surface area contributed by atoms with Crippen molar-refractivity contribution in [3.05, 3.63) is 30.2 Å². The maximum absolute atomic E-state index is 10.0. The Bertz CT molecular complexity index is 582. The minimum absolute atomic E-state index is 0.0318. The van der Waals surface area contributed by atoms with Gasteiger partial charge in [0.2, 0.25) is 11.7 Å². The Balaban J connectivity index is 1.85. The summed E-state index contributed by atoms with van der Waals surface area (Å²) in [5.41, 5.74) is 0.852. The van der Waals surface area contributed by atoms with Gasteiger partial charge in [0.1, 0.15) is 5.75 Å². The highest BCUT2D eigenvalue weighted by molar-refractivity contribution is 5.56. The highest BCUT2D eigenvalue weighted by Gasteiger charge is 2.29. The van der Waals surface area contributed by atoms with Gasteiger partial charge in [-0.05, 0) is 25.0 Å². The van der Waals surface area contributed by atoms with E-state index in [0.29, 0.717) is 11.7 Å². The Morgan fingerprint density at radius 1 is 1.30 bits per heavy atom. The summed E-state index contributed by atoms with van der Waals surface area (Å²) < 4.78 is 10.5. The van der Waals surface area contributed by atoms with Gasteiger partial charge in [-0.3, -0.25) is 0 Å². The van der Waals surface area contributed by atoms with Crippen LogP contribution in [-0.2, 0) is 0 Å². The number of benzene rings is 1. The van der Waals surface area contributed by atoms with Crippen molar-refractivity contribution in [3.8, 4) is 17.1 Å². The molecule has 1 heterocycles. The third kappa shape index (κ3) is 2.54. The zero-order chi connectivity index (χ0) is 13.9. The molecule has 3 rings (SSSR count). The second kappa shape index (κ2) is 5.63. The van der Waals surface area contributed by atoms with Crippen LogP contribution in [0.3, 0.4) is 0 Å². The molecule has 1 saturated carbocycles. The van der Waals surface area contributed by atoms with Crippen LogP contribution in [-0.4, -0.2) is 28.5 Å². The lowest BCUT2D eigenvalue weighted by Gasteiger charge is -2.24. The summed E-state index contributed by atoms with van der Waals surface area (Å²) in [5.74, 6) is 1.80. The SMILES string of the molecule is COc1cccc(-c2noc(C3CCCCC3O)n2)c1. The Hall–Kier alpha value is -1.88.